The summed E-state index contributed by atoms with van der Waals surface area (Å²) >= 11 is 0. The van der Waals surface area contributed by atoms with Crippen molar-refractivity contribution in [1.82, 2.24) is 0 Å². The molecule has 0 heterocycles. The van der Waals surface area contributed by atoms with Crippen molar-refractivity contribution in [3.63, 3.8) is 0 Å². The highest BCUT2D eigenvalue weighted by Crippen LogP contribution is 2.27. The van der Waals surface area contributed by atoms with E-state index in [2.05, 4.69) is 0 Å². The molecule has 0 spiro atoms. The second-order valence-corrected chi connectivity index (χ2v) is 7.41. The molecule has 0 fully saturated rings. The lowest BCUT2D eigenvalue weighted by molar-refractivity contribution is 0.593. The minimum atomic E-state index is -3.49. The Morgan fingerprint density at radius 3 is 2.29 bits per heavy atom. The highest BCUT2D eigenvalue weighted by atomic mass is 32.2. The van der Waals surface area contributed by atoms with Crippen LogP contribution in [0.4, 0.5) is 5.69 Å². The highest BCUT2D eigenvalue weighted by Gasteiger charge is 2.22. The third kappa shape index (κ3) is 2.68. The van der Waals surface area contributed by atoms with Crippen molar-refractivity contribution >= 4 is 15.7 Å². The van der Waals surface area contributed by atoms with E-state index >= 15 is 0 Å². The summed E-state index contributed by atoms with van der Waals surface area (Å²) in [6.07, 6.45) is 4.38. The third-order valence-corrected chi connectivity index (χ3v) is 5.88. The van der Waals surface area contributed by atoms with Crippen LogP contribution in [0.2, 0.25) is 0 Å². The number of benzene rings is 2. The van der Waals surface area contributed by atoms with Crippen LogP contribution >= 0.6 is 0 Å². The molecule has 3 nitrogen and oxygen atoms in total. The van der Waals surface area contributed by atoms with Crippen LogP contribution in [0, 0.1) is 0 Å². The molecule has 0 N–H and O–H groups in total. The normalized spacial score (nSPS) is 14.5. The zero-order chi connectivity index (χ0) is 14.9. The van der Waals surface area contributed by atoms with Gasteiger partial charge in [-0.25, -0.2) is 8.42 Å². The van der Waals surface area contributed by atoms with E-state index in [1.54, 1.807) is 25.2 Å². The van der Waals surface area contributed by atoms with Crippen molar-refractivity contribution in [2.45, 2.75) is 30.6 Å². The Balaban J connectivity index is 1.98. The quantitative estimate of drug-likeness (QED) is 0.871. The standard InChI is InChI=1S/C17H19NO2S/c1-18(16-9-3-2-4-10-16)21(19,20)17-12-11-14-7-5-6-8-15(14)13-17/h2-4,9-13H,5-8H2,1H3. The predicted molar refractivity (Wildman–Crippen MR) is 85.1 cm³/mol. The van der Waals surface area contributed by atoms with Gasteiger partial charge in [-0.15, -0.1) is 0 Å². The largest absolute Gasteiger partial charge is 0.269 e. The number of nitrogens with zero attached hydrogens (tertiary/aromatic N) is 1. The zero-order valence-electron chi connectivity index (χ0n) is 12.1. The molecule has 0 radical (unpaired) electrons. The summed E-state index contributed by atoms with van der Waals surface area (Å²) in [7, 11) is -1.89. The number of aryl methyl sites for hydroxylation is 2. The van der Waals surface area contributed by atoms with Crippen LogP contribution in [0.3, 0.4) is 0 Å². The Bertz CT molecular complexity index is 739. The monoisotopic (exact) mass is 301 g/mol. The van der Waals surface area contributed by atoms with Crippen LogP contribution in [-0.2, 0) is 22.9 Å². The highest BCUT2D eigenvalue weighted by molar-refractivity contribution is 7.92. The molecule has 0 bridgehead atoms. The molecular weight excluding hydrogens is 282 g/mol. The Hall–Kier alpha value is -1.81. The molecule has 110 valence electrons. The lowest BCUT2D eigenvalue weighted by atomic mass is 9.92. The van der Waals surface area contributed by atoms with Crippen molar-refractivity contribution in [3.8, 4) is 0 Å². The van der Waals surface area contributed by atoms with Crippen molar-refractivity contribution in [3.05, 3.63) is 59.7 Å². The molecule has 3 rings (SSSR count). The first kappa shape index (κ1) is 14.1. The van der Waals surface area contributed by atoms with Gasteiger partial charge in [-0.05, 0) is 61.1 Å². The van der Waals surface area contributed by atoms with E-state index in [0.29, 0.717) is 10.6 Å². The first-order valence-corrected chi connectivity index (χ1v) is 8.69. The molecule has 2 aromatic carbocycles. The summed E-state index contributed by atoms with van der Waals surface area (Å²) < 4.78 is 26.8. The van der Waals surface area contributed by atoms with Gasteiger partial charge in [0.25, 0.3) is 10.0 Å². The van der Waals surface area contributed by atoms with Crippen LogP contribution < -0.4 is 4.31 Å². The van der Waals surface area contributed by atoms with Gasteiger partial charge >= 0.3 is 0 Å². The molecule has 1 aliphatic rings. The summed E-state index contributed by atoms with van der Waals surface area (Å²) in [5.41, 5.74) is 3.15. The smallest absolute Gasteiger partial charge is 0.264 e. The maximum Gasteiger partial charge on any atom is 0.264 e. The molecule has 21 heavy (non-hydrogen) atoms. The average molecular weight is 301 g/mol. The summed E-state index contributed by atoms with van der Waals surface area (Å²) in [5.74, 6) is 0. The van der Waals surface area contributed by atoms with E-state index in [1.807, 2.05) is 30.3 Å². The van der Waals surface area contributed by atoms with Crippen molar-refractivity contribution in [1.29, 1.82) is 0 Å². The van der Waals surface area contributed by atoms with E-state index in [4.69, 9.17) is 0 Å². The van der Waals surface area contributed by atoms with Gasteiger partial charge in [0, 0.05) is 7.05 Å². The minimum absolute atomic E-state index is 0.384. The second kappa shape index (κ2) is 5.53. The lowest BCUT2D eigenvalue weighted by Gasteiger charge is -2.21. The molecule has 0 atom stereocenters. The third-order valence-electron chi connectivity index (χ3n) is 4.10. The van der Waals surface area contributed by atoms with Crippen molar-refractivity contribution in [2.24, 2.45) is 0 Å². The SMILES string of the molecule is CN(c1ccccc1)S(=O)(=O)c1ccc2c(c1)CCCC2. The number of fused-ring (bicyclic) bond motifs is 1. The topological polar surface area (TPSA) is 37.4 Å². The zero-order valence-corrected chi connectivity index (χ0v) is 12.9. The van der Waals surface area contributed by atoms with Gasteiger partial charge in [-0.3, -0.25) is 4.31 Å². The number of hydrogen-bond donors (Lipinski definition) is 0. The van der Waals surface area contributed by atoms with Crippen LogP contribution in [0.5, 0.6) is 0 Å². The molecule has 4 heteroatoms. The van der Waals surface area contributed by atoms with Crippen LogP contribution in [0.25, 0.3) is 0 Å². The Morgan fingerprint density at radius 1 is 0.905 bits per heavy atom. The van der Waals surface area contributed by atoms with Crippen LogP contribution in [-0.4, -0.2) is 15.5 Å². The number of anilines is 1. The fourth-order valence-electron chi connectivity index (χ4n) is 2.81. The number of rotatable bonds is 3. The fourth-order valence-corrected chi connectivity index (χ4v) is 4.05. The van der Waals surface area contributed by atoms with Gasteiger partial charge in [0.2, 0.25) is 0 Å². The molecule has 0 amide bonds. The van der Waals surface area contributed by atoms with E-state index in [1.165, 1.54) is 21.9 Å². The fraction of sp³-hybridized carbons (Fsp3) is 0.294. The predicted octanol–water partition coefficient (Wildman–Crippen LogP) is 3.39. The van der Waals surface area contributed by atoms with E-state index < -0.39 is 10.0 Å². The first-order chi connectivity index (χ1) is 10.1. The molecule has 0 aliphatic heterocycles. The van der Waals surface area contributed by atoms with Crippen LogP contribution in [0.1, 0.15) is 24.0 Å². The van der Waals surface area contributed by atoms with E-state index in [9.17, 15) is 8.42 Å². The maximum atomic E-state index is 12.7. The Morgan fingerprint density at radius 2 is 1.57 bits per heavy atom. The van der Waals surface area contributed by atoms with Gasteiger partial charge in [-0.2, -0.15) is 0 Å². The molecule has 0 unspecified atom stereocenters. The maximum absolute atomic E-state index is 12.7. The summed E-state index contributed by atoms with van der Waals surface area (Å²) in [5, 5.41) is 0. The molecule has 0 aromatic heterocycles. The Kier molecular flexibility index (Phi) is 3.72. The van der Waals surface area contributed by atoms with Crippen LogP contribution in [0.15, 0.2) is 53.4 Å². The number of sulfonamides is 1. The number of para-hydroxylation sites is 1. The molecule has 2 aromatic rings. The Labute approximate surface area is 126 Å². The first-order valence-electron chi connectivity index (χ1n) is 7.25. The second-order valence-electron chi connectivity index (χ2n) is 5.45. The molecule has 0 saturated carbocycles. The lowest BCUT2D eigenvalue weighted by Crippen LogP contribution is -2.26. The van der Waals surface area contributed by atoms with Crippen molar-refractivity contribution in [2.75, 3.05) is 11.4 Å². The van der Waals surface area contributed by atoms with Gasteiger partial charge in [-0.1, -0.05) is 24.3 Å². The minimum Gasteiger partial charge on any atom is -0.269 e. The van der Waals surface area contributed by atoms with Gasteiger partial charge in [0.05, 0.1) is 10.6 Å². The summed E-state index contributed by atoms with van der Waals surface area (Å²) in [6.45, 7) is 0. The summed E-state index contributed by atoms with van der Waals surface area (Å²) in [4.78, 5) is 0.384. The van der Waals surface area contributed by atoms with Gasteiger partial charge in [0.15, 0.2) is 0 Å². The molecule has 1 aliphatic carbocycles. The molecular formula is C17H19NO2S. The average Bonchev–Trinajstić information content (AvgIpc) is 2.54. The van der Waals surface area contributed by atoms with E-state index in [0.717, 1.165) is 19.3 Å². The number of hydrogen-bond acceptors (Lipinski definition) is 2. The molecule has 0 saturated heterocycles. The van der Waals surface area contributed by atoms with Gasteiger partial charge < -0.3 is 0 Å². The van der Waals surface area contributed by atoms with Gasteiger partial charge in [0.1, 0.15) is 0 Å². The van der Waals surface area contributed by atoms with Crippen molar-refractivity contribution < 1.29 is 8.42 Å². The summed E-state index contributed by atoms with van der Waals surface area (Å²) in [6, 6.07) is 14.7. The van der Waals surface area contributed by atoms with E-state index in [-0.39, 0.29) is 0 Å².